The topological polar surface area (TPSA) is 12.4 Å². The maximum atomic E-state index is 4.20. The van der Waals surface area contributed by atoms with E-state index in [1.165, 1.54) is 5.46 Å². The van der Waals surface area contributed by atoms with Gasteiger partial charge in [-0.2, -0.15) is 0 Å². The Morgan fingerprint density at radius 3 is 2.54 bits per heavy atom. The van der Waals surface area contributed by atoms with Gasteiger partial charge in [-0.1, -0.05) is 0 Å². The summed E-state index contributed by atoms with van der Waals surface area (Å²) in [4.78, 5) is 4.20. The number of aliphatic imine (C=N–C) groups is 1. The SMILES string of the molecule is C=C/B=C(CC)\C(BC=C)=N/C=C. The van der Waals surface area contributed by atoms with Crippen molar-refractivity contribution in [2.24, 2.45) is 4.99 Å². The van der Waals surface area contributed by atoms with Crippen molar-refractivity contribution >= 4 is 25.3 Å². The number of rotatable bonds is 6. The molecule has 66 valence electrons. The van der Waals surface area contributed by atoms with Gasteiger partial charge in [0.2, 0.25) is 0 Å². The summed E-state index contributed by atoms with van der Waals surface area (Å²) in [5.74, 6) is 3.62. The first-order chi connectivity index (χ1) is 6.29. The van der Waals surface area contributed by atoms with Gasteiger partial charge in [0.25, 0.3) is 0 Å². The molecule has 0 unspecified atom stereocenters. The van der Waals surface area contributed by atoms with Crippen LogP contribution in [-0.4, -0.2) is 25.3 Å². The second-order valence-corrected chi connectivity index (χ2v) is 2.53. The predicted molar refractivity (Wildman–Crippen MR) is 66.2 cm³/mol. The fourth-order valence-corrected chi connectivity index (χ4v) is 1.07. The van der Waals surface area contributed by atoms with Gasteiger partial charge in [0, 0.05) is 0 Å². The van der Waals surface area contributed by atoms with E-state index in [2.05, 4.69) is 31.7 Å². The second-order valence-electron chi connectivity index (χ2n) is 2.53. The van der Waals surface area contributed by atoms with Gasteiger partial charge in [-0.05, 0) is 0 Å². The van der Waals surface area contributed by atoms with Crippen molar-refractivity contribution in [2.75, 3.05) is 0 Å². The average Bonchev–Trinajstić information content (AvgIpc) is 2.14. The van der Waals surface area contributed by atoms with Crippen molar-refractivity contribution < 1.29 is 0 Å². The Kier molecular flexibility index (Phi) is 6.89. The average molecular weight is 171 g/mol. The first-order valence-electron chi connectivity index (χ1n) is 4.40. The molecule has 0 N–H and O–H groups in total. The van der Waals surface area contributed by atoms with Gasteiger partial charge in [-0.25, -0.2) is 0 Å². The van der Waals surface area contributed by atoms with Gasteiger partial charge < -0.3 is 0 Å². The van der Waals surface area contributed by atoms with E-state index < -0.39 is 0 Å². The van der Waals surface area contributed by atoms with Crippen LogP contribution in [0, 0.1) is 0 Å². The summed E-state index contributed by atoms with van der Waals surface area (Å²) in [5, 5.41) is 0. The molecule has 0 bridgehead atoms. The molecule has 3 heteroatoms. The zero-order valence-electron chi connectivity index (χ0n) is 8.29. The quantitative estimate of drug-likeness (QED) is 0.424. The van der Waals surface area contributed by atoms with Crippen molar-refractivity contribution in [1.82, 2.24) is 0 Å². The summed E-state index contributed by atoms with van der Waals surface area (Å²) in [5.41, 5.74) is 2.21. The zero-order valence-corrected chi connectivity index (χ0v) is 8.29. The molecule has 0 radical (unpaired) electrons. The van der Waals surface area contributed by atoms with Gasteiger partial charge in [-0.3, -0.25) is 0 Å². The van der Waals surface area contributed by atoms with E-state index in [0.29, 0.717) is 0 Å². The molecule has 13 heavy (non-hydrogen) atoms. The zero-order chi connectivity index (χ0) is 10.1. The normalized spacial score (nSPS) is 11.5. The van der Waals surface area contributed by atoms with Crippen LogP contribution in [0.2, 0.25) is 0 Å². The molecular formula is C10H15B2N. The Hall–Kier alpha value is -1.11. The van der Waals surface area contributed by atoms with Crippen molar-refractivity contribution in [3.8, 4) is 0 Å². The van der Waals surface area contributed by atoms with Gasteiger partial charge in [0.05, 0.1) is 0 Å². The van der Waals surface area contributed by atoms with E-state index in [1.807, 2.05) is 12.9 Å². The Morgan fingerprint density at radius 2 is 2.15 bits per heavy atom. The van der Waals surface area contributed by atoms with Crippen LogP contribution in [-0.2, 0) is 0 Å². The third kappa shape index (κ3) is 4.46. The van der Waals surface area contributed by atoms with Crippen molar-refractivity contribution in [3.63, 3.8) is 0 Å². The van der Waals surface area contributed by atoms with Crippen molar-refractivity contribution in [1.29, 1.82) is 0 Å². The molecule has 0 aromatic rings. The molecule has 0 saturated heterocycles. The predicted octanol–water partition coefficient (Wildman–Crippen LogP) is 1.54. The van der Waals surface area contributed by atoms with Crippen LogP contribution in [0.15, 0.2) is 42.9 Å². The van der Waals surface area contributed by atoms with E-state index in [0.717, 1.165) is 19.3 Å². The third-order valence-corrected chi connectivity index (χ3v) is 1.66. The molecule has 0 fully saturated rings. The first kappa shape index (κ1) is 11.9. The Bertz CT molecular complexity index is 252. The molecule has 0 saturated carbocycles. The van der Waals surface area contributed by atoms with Crippen LogP contribution in [0.5, 0.6) is 0 Å². The minimum atomic E-state index is 0.777. The van der Waals surface area contributed by atoms with Crippen molar-refractivity contribution in [2.45, 2.75) is 13.3 Å². The standard InChI is InChI=1S/C10H15B2N/c1-5-9(11-6-2)10(12-7-3)13-8-4/h6-8,12H,2-5H2,1H3/b13-10+. The van der Waals surface area contributed by atoms with Crippen LogP contribution in [0.1, 0.15) is 13.3 Å². The molecule has 0 aromatic heterocycles. The Balaban J connectivity index is 4.77. The number of hydrogen-bond acceptors (Lipinski definition) is 1. The third-order valence-electron chi connectivity index (χ3n) is 1.66. The minimum absolute atomic E-state index is 0.777. The summed E-state index contributed by atoms with van der Waals surface area (Å²) >= 11 is 0. The van der Waals surface area contributed by atoms with E-state index in [9.17, 15) is 0 Å². The molecule has 0 amide bonds. The first-order valence-corrected chi connectivity index (χ1v) is 4.40. The summed E-state index contributed by atoms with van der Waals surface area (Å²) in [6, 6.07) is 0. The molecule has 0 atom stereocenters. The molecule has 0 spiro atoms. The Labute approximate surface area is 82.1 Å². The molecule has 1 nitrogen and oxygen atoms in total. The summed E-state index contributed by atoms with van der Waals surface area (Å²) in [7, 11) is 0.777. The molecule has 0 aliphatic rings. The van der Waals surface area contributed by atoms with Crippen LogP contribution < -0.4 is 0 Å². The summed E-state index contributed by atoms with van der Waals surface area (Å²) in [6.45, 7) is 15.0. The monoisotopic (exact) mass is 171 g/mol. The second kappa shape index (κ2) is 7.53. The van der Waals surface area contributed by atoms with Gasteiger partial charge in [-0.15, -0.1) is 0 Å². The van der Waals surface area contributed by atoms with Crippen molar-refractivity contribution in [3.05, 3.63) is 37.9 Å². The Morgan fingerprint density at radius 1 is 1.46 bits per heavy atom. The van der Waals surface area contributed by atoms with E-state index in [4.69, 9.17) is 0 Å². The summed E-state index contributed by atoms with van der Waals surface area (Å²) < 4.78 is 0. The maximum absolute atomic E-state index is 4.20. The molecular weight excluding hydrogens is 156 g/mol. The van der Waals surface area contributed by atoms with E-state index >= 15 is 0 Å². The fraction of sp³-hybridized carbons (Fsp3) is 0.200. The summed E-state index contributed by atoms with van der Waals surface area (Å²) in [6.07, 6.45) is 2.51. The molecule has 0 aliphatic carbocycles. The molecule has 0 rings (SSSR count). The van der Waals surface area contributed by atoms with E-state index in [1.54, 1.807) is 12.2 Å². The van der Waals surface area contributed by atoms with Crippen LogP contribution in [0.3, 0.4) is 0 Å². The van der Waals surface area contributed by atoms with E-state index in [-0.39, 0.29) is 0 Å². The van der Waals surface area contributed by atoms with Crippen LogP contribution in [0.4, 0.5) is 0 Å². The molecule has 0 heterocycles. The van der Waals surface area contributed by atoms with Gasteiger partial charge in [0.15, 0.2) is 0 Å². The fourth-order valence-electron chi connectivity index (χ4n) is 1.07. The number of hydrogen-bond donors (Lipinski definition) is 0. The van der Waals surface area contributed by atoms with Crippen LogP contribution >= 0.6 is 0 Å². The number of nitrogens with zero attached hydrogens (tertiary/aromatic N) is 1. The van der Waals surface area contributed by atoms with Gasteiger partial charge >= 0.3 is 81.5 Å². The molecule has 0 aliphatic heterocycles. The van der Waals surface area contributed by atoms with Gasteiger partial charge in [0.1, 0.15) is 0 Å². The molecule has 0 aromatic carbocycles. The van der Waals surface area contributed by atoms with Crippen LogP contribution in [0.25, 0.3) is 0 Å².